The van der Waals surface area contributed by atoms with E-state index in [2.05, 4.69) is 22.8 Å². The van der Waals surface area contributed by atoms with Crippen molar-refractivity contribution in [2.75, 3.05) is 32.8 Å². The lowest BCUT2D eigenvalue weighted by Crippen LogP contribution is -2.46. The molecule has 110 valence electrons. The average Bonchev–Trinajstić information content (AvgIpc) is 2.42. The number of carbonyl (C=O) groups is 1. The molecule has 0 aromatic heterocycles. The van der Waals surface area contributed by atoms with E-state index >= 15 is 0 Å². The zero-order valence-electron chi connectivity index (χ0n) is 11.8. The SMILES string of the molecule is CC(CN1CCOCC1)NC(=O)Cc1ccc(S)cc1. The van der Waals surface area contributed by atoms with E-state index in [0.717, 1.165) is 43.3 Å². The number of ether oxygens (including phenoxy) is 1. The minimum Gasteiger partial charge on any atom is -0.379 e. The number of hydrogen-bond acceptors (Lipinski definition) is 4. The third kappa shape index (κ3) is 5.15. The second kappa shape index (κ2) is 7.67. The Morgan fingerprint density at radius 3 is 2.65 bits per heavy atom. The topological polar surface area (TPSA) is 41.6 Å². The molecule has 0 radical (unpaired) electrons. The molecule has 1 amide bonds. The number of nitrogens with one attached hydrogen (secondary N) is 1. The molecule has 2 rings (SSSR count). The Labute approximate surface area is 125 Å². The smallest absolute Gasteiger partial charge is 0.224 e. The molecule has 1 aliphatic heterocycles. The zero-order chi connectivity index (χ0) is 14.4. The standard InChI is InChI=1S/C15H22N2O2S/c1-12(11-17-6-8-19-9-7-17)16-15(18)10-13-2-4-14(20)5-3-13/h2-5,12,20H,6-11H2,1H3,(H,16,18). The van der Waals surface area contributed by atoms with Crippen LogP contribution < -0.4 is 5.32 Å². The maximum Gasteiger partial charge on any atom is 0.224 e. The van der Waals surface area contributed by atoms with E-state index in [1.807, 2.05) is 31.2 Å². The summed E-state index contributed by atoms with van der Waals surface area (Å²) >= 11 is 4.24. The van der Waals surface area contributed by atoms with Crippen LogP contribution in [0.3, 0.4) is 0 Å². The van der Waals surface area contributed by atoms with Gasteiger partial charge in [-0.15, -0.1) is 12.6 Å². The highest BCUT2D eigenvalue weighted by Crippen LogP contribution is 2.08. The number of hydrogen-bond donors (Lipinski definition) is 2. The van der Waals surface area contributed by atoms with Crippen molar-refractivity contribution in [3.05, 3.63) is 29.8 Å². The minimum absolute atomic E-state index is 0.0673. The number of carbonyl (C=O) groups excluding carboxylic acids is 1. The van der Waals surface area contributed by atoms with Gasteiger partial charge >= 0.3 is 0 Å². The Balaban J connectivity index is 1.74. The van der Waals surface area contributed by atoms with Crippen LogP contribution in [0.25, 0.3) is 0 Å². The largest absolute Gasteiger partial charge is 0.379 e. The molecule has 20 heavy (non-hydrogen) atoms. The first-order valence-corrected chi connectivity index (χ1v) is 7.45. The first kappa shape index (κ1) is 15.4. The summed E-state index contributed by atoms with van der Waals surface area (Å²) < 4.78 is 5.32. The summed E-state index contributed by atoms with van der Waals surface area (Å²) in [5.41, 5.74) is 1.01. The van der Waals surface area contributed by atoms with E-state index in [-0.39, 0.29) is 11.9 Å². The lowest BCUT2D eigenvalue weighted by Gasteiger charge is -2.29. The highest BCUT2D eigenvalue weighted by atomic mass is 32.1. The molecule has 5 heteroatoms. The van der Waals surface area contributed by atoms with E-state index < -0.39 is 0 Å². The molecule has 1 unspecified atom stereocenters. The van der Waals surface area contributed by atoms with Crippen LogP contribution in [0.15, 0.2) is 29.2 Å². The monoisotopic (exact) mass is 294 g/mol. The van der Waals surface area contributed by atoms with Crippen LogP contribution in [0, 0.1) is 0 Å². The Morgan fingerprint density at radius 1 is 1.35 bits per heavy atom. The van der Waals surface area contributed by atoms with Crippen molar-refractivity contribution in [2.24, 2.45) is 0 Å². The van der Waals surface area contributed by atoms with Crippen molar-refractivity contribution in [2.45, 2.75) is 24.3 Å². The van der Waals surface area contributed by atoms with E-state index in [0.29, 0.717) is 6.42 Å². The fraction of sp³-hybridized carbons (Fsp3) is 0.533. The summed E-state index contributed by atoms with van der Waals surface area (Å²) in [5, 5.41) is 3.05. The molecule has 1 saturated heterocycles. The number of rotatable bonds is 5. The molecule has 4 nitrogen and oxygen atoms in total. The molecule has 1 atom stereocenters. The van der Waals surface area contributed by atoms with Gasteiger partial charge in [-0.1, -0.05) is 12.1 Å². The predicted octanol–water partition coefficient (Wildman–Crippen LogP) is 1.35. The van der Waals surface area contributed by atoms with Crippen LogP contribution in [0.5, 0.6) is 0 Å². The van der Waals surface area contributed by atoms with Gasteiger partial charge in [0.05, 0.1) is 19.6 Å². The molecular weight excluding hydrogens is 272 g/mol. The molecule has 1 N–H and O–H groups in total. The van der Waals surface area contributed by atoms with Gasteiger partial charge in [0.25, 0.3) is 0 Å². The summed E-state index contributed by atoms with van der Waals surface area (Å²) in [6, 6.07) is 7.85. The quantitative estimate of drug-likeness (QED) is 0.806. The van der Waals surface area contributed by atoms with Gasteiger partial charge in [-0.2, -0.15) is 0 Å². The van der Waals surface area contributed by atoms with Crippen molar-refractivity contribution in [1.29, 1.82) is 0 Å². The number of amides is 1. The fourth-order valence-corrected chi connectivity index (χ4v) is 2.49. The lowest BCUT2D eigenvalue weighted by atomic mass is 10.1. The number of nitrogens with zero attached hydrogens (tertiary/aromatic N) is 1. The van der Waals surface area contributed by atoms with E-state index in [1.54, 1.807) is 0 Å². The molecule has 0 aliphatic carbocycles. The number of benzene rings is 1. The Hall–Kier alpha value is -1.04. The molecule has 1 aromatic rings. The third-order valence-electron chi connectivity index (χ3n) is 3.34. The summed E-state index contributed by atoms with van der Waals surface area (Å²) in [7, 11) is 0. The van der Waals surface area contributed by atoms with Gasteiger partial charge < -0.3 is 10.1 Å². The van der Waals surface area contributed by atoms with Gasteiger partial charge in [-0.05, 0) is 24.6 Å². The minimum atomic E-state index is 0.0673. The van der Waals surface area contributed by atoms with E-state index in [4.69, 9.17) is 4.74 Å². The molecule has 1 aliphatic rings. The fourth-order valence-electron chi connectivity index (χ4n) is 2.34. The van der Waals surface area contributed by atoms with Crippen LogP contribution in [0.1, 0.15) is 12.5 Å². The Kier molecular flexibility index (Phi) is 5.88. The Bertz CT molecular complexity index is 430. The lowest BCUT2D eigenvalue weighted by molar-refractivity contribution is -0.121. The van der Waals surface area contributed by atoms with Gasteiger partial charge in [0.2, 0.25) is 5.91 Å². The summed E-state index contributed by atoms with van der Waals surface area (Å²) in [5.74, 6) is 0.0673. The van der Waals surface area contributed by atoms with Crippen LogP contribution >= 0.6 is 12.6 Å². The maximum absolute atomic E-state index is 12.0. The van der Waals surface area contributed by atoms with Gasteiger partial charge in [0.15, 0.2) is 0 Å². The first-order valence-electron chi connectivity index (χ1n) is 7.01. The molecule has 0 spiro atoms. The van der Waals surface area contributed by atoms with Gasteiger partial charge in [0, 0.05) is 30.6 Å². The summed E-state index contributed by atoms with van der Waals surface area (Å²) in [4.78, 5) is 15.2. The number of thiol groups is 1. The summed E-state index contributed by atoms with van der Waals surface area (Å²) in [6.07, 6.45) is 0.418. The summed E-state index contributed by atoms with van der Waals surface area (Å²) in [6.45, 7) is 6.40. The van der Waals surface area contributed by atoms with Crippen LogP contribution in [0.4, 0.5) is 0 Å². The predicted molar refractivity (Wildman–Crippen MR) is 82.3 cm³/mol. The van der Waals surface area contributed by atoms with Crippen molar-refractivity contribution >= 4 is 18.5 Å². The molecule has 1 heterocycles. The van der Waals surface area contributed by atoms with Crippen molar-refractivity contribution < 1.29 is 9.53 Å². The number of morpholine rings is 1. The maximum atomic E-state index is 12.0. The van der Waals surface area contributed by atoms with E-state index in [9.17, 15) is 4.79 Å². The second-order valence-corrected chi connectivity index (χ2v) is 5.74. The van der Waals surface area contributed by atoms with Crippen molar-refractivity contribution in [3.8, 4) is 0 Å². The molecular formula is C15H22N2O2S. The molecule has 0 bridgehead atoms. The molecule has 1 fully saturated rings. The normalized spacial score (nSPS) is 17.7. The van der Waals surface area contributed by atoms with Crippen molar-refractivity contribution in [1.82, 2.24) is 10.2 Å². The van der Waals surface area contributed by atoms with Crippen LogP contribution in [-0.4, -0.2) is 49.7 Å². The first-order chi connectivity index (χ1) is 9.63. The van der Waals surface area contributed by atoms with Crippen LogP contribution in [0.2, 0.25) is 0 Å². The second-order valence-electron chi connectivity index (χ2n) is 5.22. The highest BCUT2D eigenvalue weighted by Gasteiger charge is 2.15. The van der Waals surface area contributed by atoms with Gasteiger partial charge in [-0.3, -0.25) is 9.69 Å². The Morgan fingerprint density at radius 2 is 2.00 bits per heavy atom. The highest BCUT2D eigenvalue weighted by molar-refractivity contribution is 7.80. The van der Waals surface area contributed by atoms with Crippen molar-refractivity contribution in [3.63, 3.8) is 0 Å². The average molecular weight is 294 g/mol. The van der Waals surface area contributed by atoms with E-state index in [1.165, 1.54) is 0 Å². The third-order valence-corrected chi connectivity index (χ3v) is 3.64. The van der Waals surface area contributed by atoms with Gasteiger partial charge in [-0.25, -0.2) is 0 Å². The molecule has 1 aromatic carbocycles. The van der Waals surface area contributed by atoms with Gasteiger partial charge in [0.1, 0.15) is 0 Å². The zero-order valence-corrected chi connectivity index (χ0v) is 12.7. The van der Waals surface area contributed by atoms with Crippen LogP contribution in [-0.2, 0) is 16.0 Å². The molecule has 0 saturated carbocycles.